The summed E-state index contributed by atoms with van der Waals surface area (Å²) in [6, 6.07) is 31.0. The summed E-state index contributed by atoms with van der Waals surface area (Å²) in [6.45, 7) is 1.13. The van der Waals surface area contributed by atoms with Gasteiger partial charge in [-0.2, -0.15) is 0 Å². The Hall–Kier alpha value is -3.41. The zero-order valence-electron chi connectivity index (χ0n) is 17.3. The maximum atomic E-state index is 6.40. The van der Waals surface area contributed by atoms with Crippen LogP contribution in [0.3, 0.4) is 0 Å². The fraction of sp³-hybridized carbons (Fsp3) is 0.0769. The normalized spacial score (nSPS) is 10.4. The van der Waals surface area contributed by atoms with Crippen molar-refractivity contribution in [3.63, 3.8) is 0 Å². The smallest absolute Gasteiger partial charge is 0.174 e. The van der Waals surface area contributed by atoms with E-state index in [0.717, 1.165) is 28.4 Å². The quantitative estimate of drug-likeness (QED) is 0.303. The van der Waals surface area contributed by atoms with Gasteiger partial charge in [0.25, 0.3) is 0 Å². The van der Waals surface area contributed by atoms with Crippen molar-refractivity contribution in [2.75, 3.05) is 5.32 Å². The van der Waals surface area contributed by atoms with Crippen LogP contribution < -0.4 is 10.1 Å². The van der Waals surface area contributed by atoms with Crippen LogP contribution in [0.25, 0.3) is 0 Å². The predicted octanol–water partition coefficient (Wildman–Crippen LogP) is 6.93. The lowest BCUT2D eigenvalue weighted by Gasteiger charge is -2.26. The first kappa shape index (κ1) is 21.8. The van der Waals surface area contributed by atoms with Gasteiger partial charge in [-0.3, -0.25) is 4.98 Å². The number of pyridine rings is 1. The summed E-state index contributed by atoms with van der Waals surface area (Å²) in [5.74, 6) is 1.55. The Kier molecular flexibility index (Phi) is 7.33. The Balaban J connectivity index is 1.47. The van der Waals surface area contributed by atoms with Gasteiger partial charge in [0, 0.05) is 23.5 Å². The molecule has 0 radical (unpaired) electrons. The van der Waals surface area contributed by atoms with Gasteiger partial charge < -0.3 is 15.0 Å². The number of ether oxygens (including phenoxy) is 1. The molecule has 0 aliphatic carbocycles. The van der Waals surface area contributed by atoms with Crippen molar-refractivity contribution >= 4 is 34.6 Å². The Labute approximate surface area is 198 Å². The number of rotatable bonds is 7. The van der Waals surface area contributed by atoms with E-state index < -0.39 is 0 Å². The zero-order valence-corrected chi connectivity index (χ0v) is 18.9. The second kappa shape index (κ2) is 10.8. The summed E-state index contributed by atoms with van der Waals surface area (Å²) >= 11 is 12.1. The van der Waals surface area contributed by atoms with Crippen LogP contribution in [-0.4, -0.2) is 15.0 Å². The van der Waals surface area contributed by atoms with Gasteiger partial charge in [-0.25, -0.2) is 0 Å². The number of hydrogen-bond donors (Lipinski definition) is 1. The summed E-state index contributed by atoms with van der Waals surface area (Å²) in [7, 11) is 0. The molecule has 4 nitrogen and oxygen atoms in total. The van der Waals surface area contributed by atoms with E-state index in [9.17, 15) is 0 Å². The van der Waals surface area contributed by atoms with Crippen LogP contribution in [0.5, 0.6) is 11.5 Å². The fourth-order valence-electron chi connectivity index (χ4n) is 3.15. The molecule has 0 saturated heterocycles. The molecular formula is C26H22ClN3OS. The van der Waals surface area contributed by atoms with Gasteiger partial charge in [0.05, 0.1) is 12.2 Å². The van der Waals surface area contributed by atoms with E-state index in [1.807, 2.05) is 102 Å². The van der Waals surface area contributed by atoms with Crippen LogP contribution in [0.1, 0.15) is 11.3 Å². The number of anilines is 1. The highest BCUT2D eigenvalue weighted by molar-refractivity contribution is 7.80. The van der Waals surface area contributed by atoms with Crippen LogP contribution in [-0.2, 0) is 13.1 Å². The summed E-state index contributed by atoms with van der Waals surface area (Å²) in [5.41, 5.74) is 2.80. The van der Waals surface area contributed by atoms with Crippen LogP contribution in [0.2, 0.25) is 5.02 Å². The van der Waals surface area contributed by atoms with Crippen molar-refractivity contribution in [2.24, 2.45) is 0 Å². The van der Waals surface area contributed by atoms with Gasteiger partial charge >= 0.3 is 0 Å². The maximum Gasteiger partial charge on any atom is 0.174 e. The molecule has 0 spiro atoms. The Bertz CT molecular complexity index is 1150. The number of aromatic nitrogens is 1. The number of thiocarbonyl (C=S) groups is 1. The van der Waals surface area contributed by atoms with Crippen molar-refractivity contribution in [2.45, 2.75) is 13.1 Å². The Morgan fingerprint density at radius 1 is 0.812 bits per heavy atom. The number of nitrogens with zero attached hydrogens (tertiary/aromatic N) is 2. The van der Waals surface area contributed by atoms with Gasteiger partial charge in [0.2, 0.25) is 0 Å². The molecule has 3 aromatic carbocycles. The van der Waals surface area contributed by atoms with E-state index in [1.54, 1.807) is 6.20 Å². The molecule has 0 amide bonds. The SMILES string of the molecule is S=C(Nc1ccc(Oc2ccccc2)cc1)N(Cc1ccccn1)Cc1ccccc1Cl. The minimum atomic E-state index is 0.563. The van der Waals surface area contributed by atoms with E-state index in [-0.39, 0.29) is 0 Å². The van der Waals surface area contributed by atoms with Crippen LogP contribution in [0.15, 0.2) is 103 Å². The molecule has 4 rings (SSSR count). The van der Waals surface area contributed by atoms with Crippen molar-refractivity contribution < 1.29 is 4.74 Å². The predicted molar refractivity (Wildman–Crippen MR) is 134 cm³/mol. The van der Waals surface area contributed by atoms with Crippen molar-refractivity contribution in [1.82, 2.24) is 9.88 Å². The molecule has 0 fully saturated rings. The lowest BCUT2D eigenvalue weighted by Crippen LogP contribution is -2.34. The number of nitrogens with one attached hydrogen (secondary N) is 1. The molecule has 0 unspecified atom stereocenters. The molecule has 4 aromatic rings. The maximum absolute atomic E-state index is 6.40. The highest BCUT2D eigenvalue weighted by atomic mass is 35.5. The lowest BCUT2D eigenvalue weighted by molar-refractivity contribution is 0.407. The highest BCUT2D eigenvalue weighted by Crippen LogP contribution is 2.23. The first-order valence-electron chi connectivity index (χ1n) is 10.2. The minimum absolute atomic E-state index is 0.563. The molecule has 1 N–H and O–H groups in total. The van der Waals surface area contributed by atoms with Gasteiger partial charge in [-0.15, -0.1) is 0 Å². The molecule has 0 atom stereocenters. The molecule has 6 heteroatoms. The number of benzene rings is 3. The first-order valence-corrected chi connectivity index (χ1v) is 11.0. The van der Waals surface area contributed by atoms with Crippen LogP contribution >= 0.6 is 23.8 Å². The molecule has 0 saturated carbocycles. The number of para-hydroxylation sites is 1. The van der Waals surface area contributed by atoms with Gasteiger partial charge in [0.1, 0.15) is 11.5 Å². The second-order valence-electron chi connectivity index (χ2n) is 7.14. The van der Waals surface area contributed by atoms with E-state index in [2.05, 4.69) is 10.3 Å². The lowest BCUT2D eigenvalue weighted by atomic mass is 10.2. The van der Waals surface area contributed by atoms with Crippen molar-refractivity contribution in [3.05, 3.63) is 120 Å². The van der Waals surface area contributed by atoms with E-state index in [4.69, 9.17) is 28.6 Å². The minimum Gasteiger partial charge on any atom is -0.457 e. The summed E-state index contributed by atoms with van der Waals surface area (Å²) in [5, 5.41) is 4.63. The summed E-state index contributed by atoms with van der Waals surface area (Å²) < 4.78 is 5.86. The monoisotopic (exact) mass is 459 g/mol. The number of halogens is 1. The van der Waals surface area contributed by atoms with Gasteiger partial charge in [-0.05, 0) is 72.4 Å². The van der Waals surface area contributed by atoms with E-state index in [1.165, 1.54) is 0 Å². The molecule has 0 bridgehead atoms. The second-order valence-corrected chi connectivity index (χ2v) is 7.93. The fourth-order valence-corrected chi connectivity index (χ4v) is 3.59. The first-order chi connectivity index (χ1) is 15.7. The summed E-state index contributed by atoms with van der Waals surface area (Å²) in [6.07, 6.45) is 1.78. The molecule has 1 heterocycles. The third-order valence-electron chi connectivity index (χ3n) is 4.77. The van der Waals surface area contributed by atoms with Crippen LogP contribution in [0.4, 0.5) is 5.69 Å². The molecule has 0 aliphatic rings. The molecule has 0 aliphatic heterocycles. The van der Waals surface area contributed by atoms with E-state index in [0.29, 0.717) is 23.2 Å². The van der Waals surface area contributed by atoms with Crippen molar-refractivity contribution in [3.8, 4) is 11.5 Å². The zero-order chi connectivity index (χ0) is 22.2. The standard InChI is InChI=1S/C26H22ClN3OS/c27-25-12-5-4-8-20(25)18-30(19-22-9-6-7-17-28-22)26(32)29-21-13-15-24(16-14-21)31-23-10-2-1-3-11-23/h1-17H,18-19H2,(H,29,32). The average molecular weight is 460 g/mol. The number of hydrogen-bond acceptors (Lipinski definition) is 3. The Morgan fingerprint density at radius 3 is 2.22 bits per heavy atom. The Morgan fingerprint density at radius 2 is 1.50 bits per heavy atom. The largest absolute Gasteiger partial charge is 0.457 e. The van der Waals surface area contributed by atoms with Gasteiger partial charge in [0.15, 0.2) is 5.11 Å². The third-order valence-corrected chi connectivity index (χ3v) is 5.50. The third kappa shape index (κ3) is 6.06. The van der Waals surface area contributed by atoms with Crippen LogP contribution in [0, 0.1) is 0 Å². The van der Waals surface area contributed by atoms with Crippen molar-refractivity contribution in [1.29, 1.82) is 0 Å². The molecule has 32 heavy (non-hydrogen) atoms. The summed E-state index contributed by atoms with van der Waals surface area (Å²) in [4.78, 5) is 6.49. The molecular weight excluding hydrogens is 438 g/mol. The average Bonchev–Trinajstić information content (AvgIpc) is 2.82. The van der Waals surface area contributed by atoms with E-state index >= 15 is 0 Å². The highest BCUT2D eigenvalue weighted by Gasteiger charge is 2.14. The molecule has 1 aromatic heterocycles. The molecule has 160 valence electrons. The topological polar surface area (TPSA) is 37.4 Å². The van der Waals surface area contributed by atoms with Gasteiger partial charge in [-0.1, -0.05) is 54.1 Å².